The molecule has 5 heteroatoms. The summed E-state index contributed by atoms with van der Waals surface area (Å²) in [6.45, 7) is 0. The predicted molar refractivity (Wildman–Crippen MR) is 77.3 cm³/mol. The molecule has 3 N–H and O–H groups in total. The van der Waals surface area contributed by atoms with Crippen LogP contribution in [0.25, 0.3) is 0 Å². The number of hydrogen-bond acceptors (Lipinski definition) is 3. The van der Waals surface area contributed by atoms with E-state index in [0.29, 0.717) is 28.2 Å². The number of hydrogen-bond donors (Lipinski definition) is 2. The van der Waals surface area contributed by atoms with Crippen LogP contribution in [0.15, 0.2) is 18.2 Å². The second-order valence-electron chi connectivity index (χ2n) is 5.46. The summed E-state index contributed by atoms with van der Waals surface area (Å²) in [6, 6.07) is 5.92. The summed E-state index contributed by atoms with van der Waals surface area (Å²) >= 11 is 12.3. The SMILES string of the molecule is NNC(Cc1cccc(Cl)c1Cl)C1CC2CCC1O2. The number of benzene rings is 1. The van der Waals surface area contributed by atoms with Gasteiger partial charge in [-0.3, -0.25) is 11.3 Å². The van der Waals surface area contributed by atoms with Crippen LogP contribution in [0.5, 0.6) is 0 Å². The third-order valence-electron chi connectivity index (χ3n) is 4.36. The van der Waals surface area contributed by atoms with E-state index in [-0.39, 0.29) is 6.04 Å². The van der Waals surface area contributed by atoms with Crippen molar-refractivity contribution in [2.45, 2.75) is 43.9 Å². The number of fused-ring (bicyclic) bond motifs is 2. The van der Waals surface area contributed by atoms with Crippen LogP contribution in [-0.2, 0) is 11.2 Å². The molecule has 0 amide bonds. The number of rotatable bonds is 4. The molecule has 2 aliphatic heterocycles. The number of ether oxygens (including phenoxy) is 1. The molecule has 2 saturated heterocycles. The minimum Gasteiger partial charge on any atom is -0.375 e. The topological polar surface area (TPSA) is 47.3 Å². The molecule has 19 heavy (non-hydrogen) atoms. The van der Waals surface area contributed by atoms with Crippen molar-refractivity contribution in [2.75, 3.05) is 0 Å². The molecule has 3 rings (SSSR count). The maximum absolute atomic E-state index is 6.25. The monoisotopic (exact) mass is 300 g/mol. The highest BCUT2D eigenvalue weighted by molar-refractivity contribution is 6.42. The average molecular weight is 301 g/mol. The fraction of sp³-hybridized carbons (Fsp3) is 0.571. The van der Waals surface area contributed by atoms with Crippen molar-refractivity contribution in [3.63, 3.8) is 0 Å². The molecule has 2 bridgehead atoms. The zero-order valence-corrected chi connectivity index (χ0v) is 12.1. The molecule has 0 saturated carbocycles. The fourth-order valence-electron chi connectivity index (χ4n) is 3.38. The first-order valence-corrected chi connectivity index (χ1v) is 7.49. The van der Waals surface area contributed by atoms with Gasteiger partial charge >= 0.3 is 0 Å². The van der Waals surface area contributed by atoms with E-state index < -0.39 is 0 Å². The molecule has 2 heterocycles. The zero-order valence-electron chi connectivity index (χ0n) is 10.6. The van der Waals surface area contributed by atoms with Crippen molar-refractivity contribution in [3.8, 4) is 0 Å². The van der Waals surface area contributed by atoms with Gasteiger partial charge in [0, 0.05) is 12.0 Å². The van der Waals surface area contributed by atoms with Gasteiger partial charge in [0.2, 0.25) is 0 Å². The van der Waals surface area contributed by atoms with E-state index in [0.717, 1.165) is 24.8 Å². The van der Waals surface area contributed by atoms with Crippen molar-refractivity contribution in [1.29, 1.82) is 0 Å². The Hall–Kier alpha value is -0.320. The number of nitrogens with two attached hydrogens (primary N) is 1. The van der Waals surface area contributed by atoms with Gasteiger partial charge in [-0.25, -0.2) is 0 Å². The van der Waals surface area contributed by atoms with Crippen LogP contribution in [-0.4, -0.2) is 18.2 Å². The van der Waals surface area contributed by atoms with Crippen LogP contribution in [0.3, 0.4) is 0 Å². The van der Waals surface area contributed by atoms with E-state index in [2.05, 4.69) is 5.43 Å². The van der Waals surface area contributed by atoms with Crippen molar-refractivity contribution < 1.29 is 4.74 Å². The van der Waals surface area contributed by atoms with Gasteiger partial charge in [0.15, 0.2) is 0 Å². The normalized spacial score (nSPS) is 30.8. The first-order valence-electron chi connectivity index (χ1n) is 6.73. The van der Waals surface area contributed by atoms with Crippen LogP contribution in [0.4, 0.5) is 0 Å². The summed E-state index contributed by atoms with van der Waals surface area (Å²) in [5.41, 5.74) is 3.98. The third-order valence-corrected chi connectivity index (χ3v) is 5.21. The lowest BCUT2D eigenvalue weighted by molar-refractivity contribution is 0.0857. The predicted octanol–water partition coefficient (Wildman–Crippen LogP) is 2.94. The first kappa shape index (κ1) is 13.7. The lowest BCUT2D eigenvalue weighted by Crippen LogP contribution is -2.45. The zero-order chi connectivity index (χ0) is 13.4. The molecule has 1 aromatic carbocycles. The highest BCUT2D eigenvalue weighted by Crippen LogP contribution is 2.41. The second-order valence-corrected chi connectivity index (χ2v) is 6.25. The molecule has 104 valence electrons. The maximum Gasteiger partial charge on any atom is 0.0624 e. The highest BCUT2D eigenvalue weighted by atomic mass is 35.5. The van der Waals surface area contributed by atoms with Crippen LogP contribution in [0, 0.1) is 5.92 Å². The van der Waals surface area contributed by atoms with E-state index in [1.165, 1.54) is 6.42 Å². The lowest BCUT2D eigenvalue weighted by atomic mass is 9.82. The van der Waals surface area contributed by atoms with Crippen LogP contribution in [0.2, 0.25) is 10.0 Å². The Morgan fingerprint density at radius 2 is 2.21 bits per heavy atom. The average Bonchev–Trinajstić information content (AvgIpc) is 3.03. The Morgan fingerprint density at radius 3 is 2.84 bits per heavy atom. The summed E-state index contributed by atoms with van der Waals surface area (Å²) in [7, 11) is 0. The van der Waals surface area contributed by atoms with E-state index in [9.17, 15) is 0 Å². The third kappa shape index (κ3) is 2.63. The molecule has 1 aromatic rings. The van der Waals surface area contributed by atoms with Crippen molar-refractivity contribution in [2.24, 2.45) is 11.8 Å². The van der Waals surface area contributed by atoms with Gasteiger partial charge in [0.25, 0.3) is 0 Å². The van der Waals surface area contributed by atoms with Gasteiger partial charge in [-0.05, 0) is 37.3 Å². The Bertz CT molecular complexity index is 469. The van der Waals surface area contributed by atoms with Gasteiger partial charge in [-0.1, -0.05) is 35.3 Å². The van der Waals surface area contributed by atoms with Gasteiger partial charge < -0.3 is 4.74 Å². The molecule has 0 radical (unpaired) electrons. The molecule has 4 unspecified atom stereocenters. The molecule has 0 aliphatic carbocycles. The lowest BCUT2D eigenvalue weighted by Gasteiger charge is -2.28. The Kier molecular flexibility index (Phi) is 4.01. The van der Waals surface area contributed by atoms with Crippen molar-refractivity contribution in [1.82, 2.24) is 5.43 Å². The molecule has 4 atom stereocenters. The van der Waals surface area contributed by atoms with Crippen LogP contribution >= 0.6 is 23.2 Å². The van der Waals surface area contributed by atoms with Gasteiger partial charge in [0.05, 0.1) is 22.3 Å². The molecule has 2 aliphatic rings. The van der Waals surface area contributed by atoms with Gasteiger partial charge in [0.1, 0.15) is 0 Å². The van der Waals surface area contributed by atoms with Gasteiger partial charge in [-0.2, -0.15) is 0 Å². The molecule has 0 aromatic heterocycles. The minimum absolute atomic E-state index is 0.186. The van der Waals surface area contributed by atoms with Crippen LogP contribution < -0.4 is 11.3 Å². The summed E-state index contributed by atoms with van der Waals surface area (Å²) in [6.07, 6.45) is 5.00. The Labute approximate surface area is 123 Å². The number of nitrogens with one attached hydrogen (secondary N) is 1. The minimum atomic E-state index is 0.186. The summed E-state index contributed by atoms with van der Waals surface area (Å²) in [5, 5.41) is 1.23. The second kappa shape index (κ2) is 5.58. The largest absolute Gasteiger partial charge is 0.375 e. The standard InChI is InChI=1S/C14H18Cl2N2O/c15-11-3-1-2-8(14(11)16)6-12(18-17)10-7-9-4-5-13(10)19-9/h1-3,9-10,12-13,18H,4-7,17H2. The van der Waals surface area contributed by atoms with Gasteiger partial charge in [-0.15, -0.1) is 0 Å². The first-order chi connectivity index (χ1) is 9.19. The Balaban J connectivity index is 1.75. The smallest absolute Gasteiger partial charge is 0.0624 e. The maximum atomic E-state index is 6.25. The quantitative estimate of drug-likeness (QED) is 0.664. The summed E-state index contributed by atoms with van der Waals surface area (Å²) in [5.74, 6) is 6.21. The van der Waals surface area contributed by atoms with E-state index in [1.54, 1.807) is 6.07 Å². The van der Waals surface area contributed by atoms with E-state index >= 15 is 0 Å². The highest BCUT2D eigenvalue weighted by Gasteiger charge is 2.44. The molecule has 0 spiro atoms. The van der Waals surface area contributed by atoms with Crippen molar-refractivity contribution in [3.05, 3.63) is 33.8 Å². The molecular formula is C14H18Cl2N2O. The van der Waals surface area contributed by atoms with Crippen molar-refractivity contribution >= 4 is 23.2 Å². The number of halogens is 2. The molecule has 3 nitrogen and oxygen atoms in total. The summed E-state index contributed by atoms with van der Waals surface area (Å²) < 4.78 is 5.90. The van der Waals surface area contributed by atoms with E-state index in [4.69, 9.17) is 33.8 Å². The Morgan fingerprint density at radius 1 is 1.37 bits per heavy atom. The number of hydrazine groups is 1. The van der Waals surface area contributed by atoms with Crippen LogP contribution in [0.1, 0.15) is 24.8 Å². The van der Waals surface area contributed by atoms with E-state index in [1.807, 2.05) is 12.1 Å². The molecular weight excluding hydrogens is 283 g/mol. The summed E-state index contributed by atoms with van der Waals surface area (Å²) in [4.78, 5) is 0. The molecule has 2 fully saturated rings. The fourth-order valence-corrected chi connectivity index (χ4v) is 3.77.